The zero-order chi connectivity index (χ0) is 10.3. The van der Waals surface area contributed by atoms with E-state index < -0.39 is 0 Å². The van der Waals surface area contributed by atoms with Crippen LogP contribution in [0.3, 0.4) is 0 Å². The van der Waals surface area contributed by atoms with Crippen LogP contribution in [0.4, 0.5) is 0 Å². The van der Waals surface area contributed by atoms with Gasteiger partial charge in [0.05, 0.1) is 0 Å². The number of carbonyl (C=O) groups excluding carboxylic acids is 1. The van der Waals surface area contributed by atoms with E-state index in [0.29, 0.717) is 13.0 Å². The van der Waals surface area contributed by atoms with Crippen LogP contribution in [-0.2, 0) is 4.79 Å². The third-order valence-corrected chi connectivity index (χ3v) is 2.24. The maximum Gasteiger partial charge on any atom is 0.237 e. The first kappa shape index (κ1) is 12.5. The highest BCUT2D eigenvalue weighted by Gasteiger charge is 2.12. The molecule has 0 aromatic rings. The van der Waals surface area contributed by atoms with Crippen LogP contribution in [0.15, 0.2) is 12.7 Å². The standard InChI is InChI=1S/C10H18ClNO/c1-4-6-7-12(11)10(13)8-9(3)5-2/h5,9H,2,4,6-8H2,1,3H3. The average Bonchev–Trinajstić information content (AvgIpc) is 2.13. The molecule has 0 aromatic carbocycles. The Labute approximate surface area is 85.7 Å². The molecule has 3 heteroatoms. The predicted molar refractivity (Wildman–Crippen MR) is 56.5 cm³/mol. The van der Waals surface area contributed by atoms with Crippen molar-refractivity contribution in [2.24, 2.45) is 5.92 Å². The quantitative estimate of drug-likeness (QED) is 0.480. The molecule has 76 valence electrons. The minimum atomic E-state index is -0.0116. The SMILES string of the molecule is C=CC(C)CC(=O)N(Cl)CCCC. The van der Waals surface area contributed by atoms with E-state index in [-0.39, 0.29) is 11.8 Å². The van der Waals surface area contributed by atoms with Crippen molar-refractivity contribution in [2.45, 2.75) is 33.1 Å². The van der Waals surface area contributed by atoms with Crippen LogP contribution < -0.4 is 0 Å². The summed E-state index contributed by atoms with van der Waals surface area (Å²) in [5, 5.41) is 0. The van der Waals surface area contributed by atoms with Crippen molar-refractivity contribution in [3.63, 3.8) is 0 Å². The first-order valence-electron chi connectivity index (χ1n) is 4.70. The Kier molecular flexibility index (Phi) is 6.69. The van der Waals surface area contributed by atoms with Crippen LogP contribution in [0.1, 0.15) is 33.1 Å². The van der Waals surface area contributed by atoms with Gasteiger partial charge in [-0.2, -0.15) is 0 Å². The summed E-state index contributed by atoms with van der Waals surface area (Å²) in [7, 11) is 0. The average molecular weight is 204 g/mol. The molecule has 0 bridgehead atoms. The summed E-state index contributed by atoms with van der Waals surface area (Å²) in [6, 6.07) is 0. The summed E-state index contributed by atoms with van der Waals surface area (Å²) in [6.45, 7) is 8.29. The lowest BCUT2D eigenvalue weighted by Crippen LogP contribution is -2.23. The minimum absolute atomic E-state index is 0.0116. The molecule has 0 saturated heterocycles. The largest absolute Gasteiger partial charge is 0.274 e. The molecule has 0 aliphatic carbocycles. The highest BCUT2D eigenvalue weighted by atomic mass is 35.5. The Morgan fingerprint density at radius 2 is 2.31 bits per heavy atom. The Balaban J connectivity index is 3.75. The van der Waals surface area contributed by atoms with Gasteiger partial charge in [0, 0.05) is 24.7 Å². The number of rotatable bonds is 6. The Morgan fingerprint density at radius 1 is 1.69 bits per heavy atom. The molecule has 0 aliphatic heterocycles. The topological polar surface area (TPSA) is 20.3 Å². The van der Waals surface area contributed by atoms with E-state index in [0.717, 1.165) is 12.8 Å². The molecule has 0 rings (SSSR count). The molecule has 0 heterocycles. The molecule has 1 amide bonds. The highest BCUT2D eigenvalue weighted by molar-refractivity contribution is 6.21. The summed E-state index contributed by atoms with van der Waals surface area (Å²) in [4.78, 5) is 11.4. The van der Waals surface area contributed by atoms with Crippen molar-refractivity contribution >= 4 is 17.7 Å². The van der Waals surface area contributed by atoms with Crippen LogP contribution in [-0.4, -0.2) is 16.9 Å². The lowest BCUT2D eigenvalue weighted by atomic mass is 10.1. The monoisotopic (exact) mass is 203 g/mol. The van der Waals surface area contributed by atoms with Crippen LogP contribution in [0.2, 0.25) is 0 Å². The Morgan fingerprint density at radius 3 is 2.77 bits per heavy atom. The van der Waals surface area contributed by atoms with Gasteiger partial charge in [0.25, 0.3) is 0 Å². The van der Waals surface area contributed by atoms with Gasteiger partial charge in [-0.25, -0.2) is 0 Å². The van der Waals surface area contributed by atoms with E-state index in [4.69, 9.17) is 11.8 Å². The van der Waals surface area contributed by atoms with E-state index in [9.17, 15) is 4.79 Å². The fourth-order valence-electron chi connectivity index (χ4n) is 0.879. The van der Waals surface area contributed by atoms with Crippen molar-refractivity contribution in [2.75, 3.05) is 6.54 Å². The van der Waals surface area contributed by atoms with Gasteiger partial charge in [0.1, 0.15) is 0 Å². The molecule has 0 aliphatic rings. The minimum Gasteiger partial charge on any atom is -0.274 e. The number of unbranched alkanes of at least 4 members (excludes halogenated alkanes) is 1. The maximum absolute atomic E-state index is 11.4. The second-order valence-corrected chi connectivity index (χ2v) is 3.66. The van der Waals surface area contributed by atoms with Crippen LogP contribution in [0, 0.1) is 5.92 Å². The normalized spacial score (nSPS) is 12.2. The van der Waals surface area contributed by atoms with Crippen molar-refractivity contribution in [1.82, 2.24) is 4.42 Å². The Bertz CT molecular complexity index is 170. The van der Waals surface area contributed by atoms with E-state index in [2.05, 4.69) is 13.5 Å². The zero-order valence-corrected chi connectivity index (χ0v) is 9.18. The summed E-state index contributed by atoms with van der Waals surface area (Å²) in [5.74, 6) is 0.192. The first-order valence-corrected chi connectivity index (χ1v) is 5.04. The number of nitrogens with zero attached hydrogens (tertiary/aromatic N) is 1. The summed E-state index contributed by atoms with van der Waals surface area (Å²) in [5.41, 5.74) is 0. The smallest absolute Gasteiger partial charge is 0.237 e. The third kappa shape index (κ3) is 5.69. The molecule has 2 nitrogen and oxygen atoms in total. The number of carbonyl (C=O) groups is 1. The lowest BCUT2D eigenvalue weighted by Gasteiger charge is -2.14. The van der Waals surface area contributed by atoms with Gasteiger partial charge < -0.3 is 0 Å². The molecule has 0 saturated carbocycles. The van der Waals surface area contributed by atoms with Gasteiger partial charge in [0.15, 0.2) is 0 Å². The summed E-state index contributed by atoms with van der Waals surface area (Å²) >= 11 is 5.76. The zero-order valence-electron chi connectivity index (χ0n) is 8.42. The number of halogens is 1. The maximum atomic E-state index is 11.4. The number of hydrogen-bond acceptors (Lipinski definition) is 1. The first-order chi connectivity index (χ1) is 6.11. The molecule has 1 unspecified atom stereocenters. The number of amides is 1. The van der Waals surface area contributed by atoms with Crippen molar-refractivity contribution in [3.8, 4) is 0 Å². The van der Waals surface area contributed by atoms with Crippen molar-refractivity contribution < 1.29 is 4.79 Å². The molecule has 0 spiro atoms. The third-order valence-electron chi connectivity index (χ3n) is 1.88. The summed E-state index contributed by atoms with van der Waals surface area (Å²) in [6.07, 6.45) is 4.23. The van der Waals surface area contributed by atoms with Gasteiger partial charge in [-0.1, -0.05) is 26.3 Å². The molecule has 13 heavy (non-hydrogen) atoms. The second-order valence-electron chi connectivity index (χ2n) is 3.25. The molecule has 0 radical (unpaired) electrons. The van der Waals surface area contributed by atoms with Gasteiger partial charge >= 0.3 is 0 Å². The molecule has 0 fully saturated rings. The fraction of sp³-hybridized carbons (Fsp3) is 0.700. The number of hydrogen-bond donors (Lipinski definition) is 0. The summed E-state index contributed by atoms with van der Waals surface area (Å²) < 4.78 is 1.28. The predicted octanol–water partition coefficient (Wildman–Crippen LogP) is 2.98. The number of allylic oxidation sites excluding steroid dienone is 1. The second kappa shape index (κ2) is 6.96. The molecule has 0 aromatic heterocycles. The van der Waals surface area contributed by atoms with E-state index in [1.807, 2.05) is 6.92 Å². The van der Waals surface area contributed by atoms with Crippen LogP contribution >= 0.6 is 11.8 Å². The molecule has 1 atom stereocenters. The van der Waals surface area contributed by atoms with Crippen molar-refractivity contribution in [3.05, 3.63) is 12.7 Å². The molecule has 0 N–H and O–H groups in total. The van der Waals surface area contributed by atoms with Gasteiger partial charge in [-0.05, 0) is 12.3 Å². The van der Waals surface area contributed by atoms with E-state index in [1.165, 1.54) is 4.42 Å². The van der Waals surface area contributed by atoms with Crippen molar-refractivity contribution in [1.29, 1.82) is 0 Å². The lowest BCUT2D eigenvalue weighted by molar-refractivity contribution is -0.127. The van der Waals surface area contributed by atoms with E-state index >= 15 is 0 Å². The van der Waals surface area contributed by atoms with Gasteiger partial charge in [-0.15, -0.1) is 6.58 Å². The van der Waals surface area contributed by atoms with Gasteiger partial charge in [0.2, 0.25) is 5.91 Å². The van der Waals surface area contributed by atoms with E-state index in [1.54, 1.807) is 6.08 Å². The fourth-order valence-corrected chi connectivity index (χ4v) is 1.07. The molecular weight excluding hydrogens is 186 g/mol. The molecular formula is C10H18ClNO. The highest BCUT2D eigenvalue weighted by Crippen LogP contribution is 2.08. The van der Waals surface area contributed by atoms with Crippen LogP contribution in [0.5, 0.6) is 0 Å². The Hall–Kier alpha value is -0.500. The van der Waals surface area contributed by atoms with Crippen LogP contribution in [0.25, 0.3) is 0 Å². The van der Waals surface area contributed by atoms with Gasteiger partial charge in [-0.3, -0.25) is 9.21 Å².